The predicted octanol–water partition coefficient (Wildman–Crippen LogP) is 2.27. The largest absolute Gasteiger partial charge is 0.338 e. The molecule has 0 spiro atoms. The summed E-state index contributed by atoms with van der Waals surface area (Å²) in [5.41, 5.74) is 0.166. The third kappa shape index (κ3) is 2.54. The van der Waals surface area contributed by atoms with Crippen LogP contribution in [-0.4, -0.2) is 37.0 Å². The summed E-state index contributed by atoms with van der Waals surface area (Å²) in [6.45, 7) is 3.49. The molecule has 0 aliphatic carbocycles. The predicted molar refractivity (Wildman–Crippen MR) is 74.5 cm³/mol. The lowest BCUT2D eigenvalue weighted by molar-refractivity contribution is 0.0637. The maximum absolute atomic E-state index is 13.8. The molecule has 1 aromatic carbocycles. The number of hydrogen-bond acceptors (Lipinski definition) is 2. The smallest absolute Gasteiger partial charge is 0.256 e. The monoisotopic (exact) mass is 326 g/mol. The van der Waals surface area contributed by atoms with Crippen LogP contribution in [0, 0.1) is 17.7 Å². The quantitative estimate of drug-likeness (QED) is 0.858. The van der Waals surface area contributed by atoms with Gasteiger partial charge in [0.1, 0.15) is 5.82 Å². The molecule has 0 bridgehead atoms. The Morgan fingerprint density at radius 3 is 3.00 bits per heavy atom. The lowest BCUT2D eigenvalue weighted by atomic mass is 9.88. The van der Waals surface area contributed by atoms with Crippen molar-refractivity contribution < 1.29 is 9.18 Å². The molecule has 2 aliphatic rings. The van der Waals surface area contributed by atoms with E-state index in [4.69, 9.17) is 0 Å². The van der Waals surface area contributed by atoms with E-state index in [0.29, 0.717) is 11.8 Å². The number of fused-ring (bicyclic) bond motifs is 1. The Morgan fingerprint density at radius 1 is 1.37 bits per heavy atom. The summed E-state index contributed by atoms with van der Waals surface area (Å²) in [4.78, 5) is 14.2. The number of hydrogen-bond donors (Lipinski definition) is 1. The molecular formula is C14H16BrFN2O. The van der Waals surface area contributed by atoms with Crippen LogP contribution < -0.4 is 5.32 Å². The number of halogens is 2. The molecule has 2 aliphatic heterocycles. The molecule has 2 heterocycles. The molecule has 1 aromatic rings. The van der Waals surface area contributed by atoms with Crippen molar-refractivity contribution in [1.82, 2.24) is 10.2 Å². The Hall–Kier alpha value is -0.940. The molecule has 1 N–H and O–H groups in total. The molecule has 3 nitrogen and oxygen atoms in total. The van der Waals surface area contributed by atoms with Crippen LogP contribution in [0.25, 0.3) is 0 Å². The second kappa shape index (κ2) is 5.21. The van der Waals surface area contributed by atoms with Crippen LogP contribution in [0.2, 0.25) is 0 Å². The van der Waals surface area contributed by atoms with Gasteiger partial charge < -0.3 is 10.2 Å². The minimum Gasteiger partial charge on any atom is -0.338 e. The van der Waals surface area contributed by atoms with Gasteiger partial charge in [-0.25, -0.2) is 4.39 Å². The fourth-order valence-corrected chi connectivity index (χ4v) is 3.41. The summed E-state index contributed by atoms with van der Waals surface area (Å²) in [5, 5.41) is 3.36. The zero-order valence-electron chi connectivity index (χ0n) is 10.5. The minimum absolute atomic E-state index is 0.166. The van der Waals surface area contributed by atoms with Crippen molar-refractivity contribution in [2.45, 2.75) is 6.42 Å². The lowest BCUT2D eigenvalue weighted by Gasteiger charge is -2.34. The molecule has 19 heavy (non-hydrogen) atoms. The van der Waals surface area contributed by atoms with E-state index in [0.717, 1.165) is 37.1 Å². The highest BCUT2D eigenvalue weighted by Gasteiger charge is 2.35. The molecule has 2 unspecified atom stereocenters. The van der Waals surface area contributed by atoms with Gasteiger partial charge in [0.25, 0.3) is 5.91 Å². The number of carbonyl (C=O) groups is 1. The van der Waals surface area contributed by atoms with Crippen LogP contribution in [0.5, 0.6) is 0 Å². The summed E-state index contributed by atoms with van der Waals surface area (Å²) in [6, 6.07) is 4.51. The molecule has 3 rings (SSSR count). The van der Waals surface area contributed by atoms with Gasteiger partial charge in [0.05, 0.1) is 5.56 Å². The van der Waals surface area contributed by atoms with Gasteiger partial charge in [0.2, 0.25) is 0 Å². The van der Waals surface area contributed by atoms with E-state index in [1.807, 2.05) is 0 Å². The van der Waals surface area contributed by atoms with Gasteiger partial charge in [-0.2, -0.15) is 0 Å². The first-order valence-electron chi connectivity index (χ1n) is 6.60. The Kier molecular flexibility index (Phi) is 3.58. The first-order valence-corrected chi connectivity index (χ1v) is 7.39. The number of carbonyl (C=O) groups excluding carboxylic acids is 1. The van der Waals surface area contributed by atoms with Gasteiger partial charge >= 0.3 is 0 Å². The Morgan fingerprint density at radius 2 is 2.16 bits per heavy atom. The number of nitrogens with zero attached hydrogens (tertiary/aromatic N) is 1. The zero-order chi connectivity index (χ0) is 13.4. The maximum Gasteiger partial charge on any atom is 0.256 e. The van der Waals surface area contributed by atoms with Crippen LogP contribution >= 0.6 is 15.9 Å². The topological polar surface area (TPSA) is 32.3 Å². The van der Waals surface area contributed by atoms with Gasteiger partial charge in [-0.3, -0.25) is 4.79 Å². The van der Waals surface area contributed by atoms with Crippen molar-refractivity contribution in [2.24, 2.45) is 11.8 Å². The van der Waals surface area contributed by atoms with Gasteiger partial charge in [-0.1, -0.05) is 15.9 Å². The van der Waals surface area contributed by atoms with Crippen molar-refractivity contribution in [1.29, 1.82) is 0 Å². The highest BCUT2D eigenvalue weighted by atomic mass is 79.9. The molecule has 0 radical (unpaired) electrons. The molecule has 5 heteroatoms. The number of amides is 1. The molecular weight excluding hydrogens is 311 g/mol. The van der Waals surface area contributed by atoms with Crippen LogP contribution in [0.3, 0.4) is 0 Å². The van der Waals surface area contributed by atoms with Crippen LogP contribution in [-0.2, 0) is 0 Å². The number of piperidine rings is 1. The SMILES string of the molecule is O=C(c1cc(Br)ccc1F)N1CCC2CNCC2C1. The molecule has 1 amide bonds. The van der Waals surface area contributed by atoms with Gasteiger partial charge in [0.15, 0.2) is 0 Å². The van der Waals surface area contributed by atoms with Crippen LogP contribution in [0.4, 0.5) is 4.39 Å². The van der Waals surface area contributed by atoms with Gasteiger partial charge in [0, 0.05) is 17.6 Å². The highest BCUT2D eigenvalue weighted by Crippen LogP contribution is 2.28. The van der Waals surface area contributed by atoms with E-state index in [1.165, 1.54) is 6.07 Å². The molecule has 102 valence electrons. The van der Waals surface area contributed by atoms with Gasteiger partial charge in [-0.05, 0) is 49.5 Å². The number of nitrogens with one attached hydrogen (secondary N) is 1. The second-order valence-corrected chi connectivity index (χ2v) is 6.26. The Bertz CT molecular complexity index is 508. The summed E-state index contributed by atoms with van der Waals surface area (Å²) >= 11 is 3.29. The minimum atomic E-state index is -0.445. The molecule has 0 saturated carbocycles. The summed E-state index contributed by atoms with van der Waals surface area (Å²) in [7, 11) is 0. The van der Waals surface area contributed by atoms with Crippen molar-refractivity contribution in [3.05, 3.63) is 34.1 Å². The first-order chi connectivity index (χ1) is 9.15. The van der Waals surface area contributed by atoms with E-state index in [-0.39, 0.29) is 11.5 Å². The number of rotatable bonds is 1. The number of likely N-dealkylation sites (tertiary alicyclic amines) is 1. The van der Waals surface area contributed by atoms with E-state index in [2.05, 4.69) is 21.2 Å². The van der Waals surface area contributed by atoms with Crippen molar-refractivity contribution in [3.8, 4) is 0 Å². The number of benzene rings is 1. The fourth-order valence-electron chi connectivity index (χ4n) is 3.05. The molecule has 2 fully saturated rings. The average Bonchev–Trinajstić information content (AvgIpc) is 2.88. The van der Waals surface area contributed by atoms with Gasteiger partial charge in [-0.15, -0.1) is 0 Å². The van der Waals surface area contributed by atoms with E-state index in [1.54, 1.807) is 17.0 Å². The highest BCUT2D eigenvalue weighted by molar-refractivity contribution is 9.10. The van der Waals surface area contributed by atoms with Crippen molar-refractivity contribution in [3.63, 3.8) is 0 Å². The summed E-state index contributed by atoms with van der Waals surface area (Å²) < 4.78 is 14.5. The van der Waals surface area contributed by atoms with E-state index in [9.17, 15) is 9.18 Å². The summed E-state index contributed by atoms with van der Waals surface area (Å²) in [5.74, 6) is 0.563. The standard InChI is InChI=1S/C14H16BrFN2O/c15-11-1-2-13(16)12(5-11)14(19)18-4-3-9-6-17-7-10(9)8-18/h1-2,5,9-10,17H,3-4,6-8H2. The van der Waals surface area contributed by atoms with Crippen LogP contribution in [0.15, 0.2) is 22.7 Å². The zero-order valence-corrected chi connectivity index (χ0v) is 12.1. The third-order valence-electron chi connectivity index (χ3n) is 4.15. The van der Waals surface area contributed by atoms with Crippen molar-refractivity contribution in [2.75, 3.05) is 26.2 Å². The Balaban J connectivity index is 1.78. The van der Waals surface area contributed by atoms with E-state index < -0.39 is 5.82 Å². The van der Waals surface area contributed by atoms with Crippen LogP contribution in [0.1, 0.15) is 16.8 Å². The van der Waals surface area contributed by atoms with E-state index >= 15 is 0 Å². The van der Waals surface area contributed by atoms with Crippen molar-refractivity contribution >= 4 is 21.8 Å². The molecule has 0 aromatic heterocycles. The Labute approximate surface area is 120 Å². The average molecular weight is 327 g/mol. The fraction of sp³-hybridized carbons (Fsp3) is 0.500. The normalized spacial score (nSPS) is 26.3. The third-order valence-corrected chi connectivity index (χ3v) is 4.64. The lowest BCUT2D eigenvalue weighted by Crippen LogP contribution is -2.43. The summed E-state index contributed by atoms with van der Waals surface area (Å²) in [6.07, 6.45) is 1.01. The maximum atomic E-state index is 13.8. The molecule has 2 saturated heterocycles. The second-order valence-electron chi connectivity index (χ2n) is 5.34. The molecule has 2 atom stereocenters. The first kappa shape index (κ1) is 13.1.